The van der Waals surface area contributed by atoms with E-state index < -0.39 is 11.9 Å². The maximum atomic E-state index is 11.0. The van der Waals surface area contributed by atoms with Crippen LogP contribution in [0.5, 0.6) is 0 Å². The zero-order chi connectivity index (χ0) is 12.9. The largest absolute Gasteiger partial charge is 1.00 e. The number of allylic oxidation sites excluding steroid dienone is 1. The monoisotopic (exact) mass is 277 g/mol. The zero-order valence-electron chi connectivity index (χ0n) is 11.3. The van der Waals surface area contributed by atoms with Crippen LogP contribution in [0.1, 0.15) is 39.0 Å². The molecular weight excluding hydrogens is 257 g/mol. The molecule has 0 amide bonds. The number of hydrogen-bond donors (Lipinski definition) is 1. The summed E-state index contributed by atoms with van der Waals surface area (Å²) < 4.78 is 0. The molecule has 5 heteroatoms. The summed E-state index contributed by atoms with van der Waals surface area (Å²) in [6.45, 7) is 2.49. The van der Waals surface area contributed by atoms with E-state index in [1.165, 1.54) is 19.3 Å². The predicted octanol–water partition coefficient (Wildman–Crippen LogP) is -1.08. The third-order valence-electron chi connectivity index (χ3n) is 2.11. The second-order valence-corrected chi connectivity index (χ2v) is 3.67. The van der Waals surface area contributed by atoms with Crippen molar-refractivity contribution in [2.75, 3.05) is 6.54 Å². The van der Waals surface area contributed by atoms with Gasteiger partial charge >= 0.3 is 57.4 Å². The van der Waals surface area contributed by atoms with Gasteiger partial charge in [-0.3, -0.25) is 4.99 Å². The summed E-state index contributed by atoms with van der Waals surface area (Å²) in [7, 11) is 0. The minimum atomic E-state index is -1.14. The van der Waals surface area contributed by atoms with E-state index in [1.807, 2.05) is 12.2 Å². The fourth-order valence-electron chi connectivity index (χ4n) is 1.22. The fourth-order valence-corrected chi connectivity index (χ4v) is 1.22. The van der Waals surface area contributed by atoms with Crippen molar-refractivity contribution >= 4 is 11.9 Å². The number of rotatable bonds is 9. The Hall–Kier alpha value is 0.0564. The van der Waals surface area contributed by atoms with E-state index in [9.17, 15) is 9.90 Å². The molecule has 18 heavy (non-hydrogen) atoms. The number of nitrogens with zero attached hydrogens (tertiary/aromatic N) is 1. The van der Waals surface area contributed by atoms with Gasteiger partial charge in [-0.15, -0.1) is 0 Å². The second-order valence-electron chi connectivity index (χ2n) is 3.67. The number of unbranched alkanes of at least 4 members (excludes halogenated alkanes) is 4. The molecule has 0 saturated carbocycles. The van der Waals surface area contributed by atoms with Crippen LogP contribution in [-0.2, 0) is 4.79 Å². The van der Waals surface area contributed by atoms with Gasteiger partial charge in [-0.2, -0.15) is 0 Å². The van der Waals surface area contributed by atoms with Crippen LogP contribution in [-0.4, -0.2) is 23.5 Å². The van der Waals surface area contributed by atoms with Crippen LogP contribution in [0.25, 0.3) is 0 Å². The molecule has 0 atom stereocenters. The van der Waals surface area contributed by atoms with Crippen molar-refractivity contribution in [1.29, 1.82) is 0 Å². The van der Waals surface area contributed by atoms with Gasteiger partial charge in [-0.1, -0.05) is 38.3 Å². The first kappa shape index (κ1) is 20.4. The molecule has 1 N–H and O–H groups in total. The van der Waals surface area contributed by atoms with Crippen molar-refractivity contribution in [1.82, 2.24) is 0 Å². The Balaban J connectivity index is 0. The zero-order valence-corrected chi connectivity index (χ0v) is 14.4. The van der Waals surface area contributed by atoms with Gasteiger partial charge < -0.3 is 10.2 Å². The second kappa shape index (κ2) is 15.1. The first-order valence-electron chi connectivity index (χ1n) is 5.94. The summed E-state index contributed by atoms with van der Waals surface area (Å²) in [6, 6.07) is 0. The van der Waals surface area contributed by atoms with Crippen LogP contribution in [0.15, 0.2) is 29.3 Å². The molecule has 0 heterocycles. The smallest absolute Gasteiger partial charge is 0.859 e. The van der Waals surface area contributed by atoms with Gasteiger partial charge in [0, 0.05) is 6.08 Å². The number of carbonyl (C=O) groups is 1. The average Bonchev–Trinajstić information content (AvgIpc) is 2.30. The standard InChI is InChI=1S/C13H21NO3.K/c1-2-3-4-5-6-7-8-11-14-12(15)9-10-13(16)17;/h7-10H,2-6,11H2,1H3,(H,14,15)(H,16,17);/q;+1/p-1/b8-7+,10-9+;. The van der Waals surface area contributed by atoms with Gasteiger partial charge in [0.2, 0.25) is 0 Å². The van der Waals surface area contributed by atoms with Crippen molar-refractivity contribution in [2.45, 2.75) is 39.0 Å². The normalized spacial score (nSPS) is 11.9. The minimum Gasteiger partial charge on any atom is -0.859 e. The number of aliphatic imine (C=N–C) groups is 1. The van der Waals surface area contributed by atoms with Crippen LogP contribution in [0, 0.1) is 0 Å². The van der Waals surface area contributed by atoms with Gasteiger partial charge in [-0.25, -0.2) is 4.79 Å². The topological polar surface area (TPSA) is 72.7 Å². The Bertz CT molecular complexity index is 299. The van der Waals surface area contributed by atoms with Gasteiger partial charge in [0.15, 0.2) is 0 Å². The molecule has 0 bridgehead atoms. The fraction of sp³-hybridized carbons (Fsp3) is 0.538. The molecule has 0 rings (SSSR count). The molecule has 0 aliphatic rings. The molecule has 0 spiro atoms. The Kier molecular flexibility index (Phi) is 17.1. The Morgan fingerprint density at radius 2 is 1.94 bits per heavy atom. The molecule has 0 aromatic heterocycles. The maximum Gasteiger partial charge on any atom is 1.00 e. The van der Waals surface area contributed by atoms with Crippen LogP contribution in [0.2, 0.25) is 0 Å². The molecule has 0 aromatic rings. The molecule has 4 nitrogen and oxygen atoms in total. The average molecular weight is 277 g/mol. The van der Waals surface area contributed by atoms with Crippen molar-refractivity contribution in [3.8, 4) is 0 Å². The Labute approximate surface area is 151 Å². The van der Waals surface area contributed by atoms with E-state index in [2.05, 4.69) is 11.9 Å². The summed E-state index contributed by atoms with van der Waals surface area (Å²) >= 11 is 0. The van der Waals surface area contributed by atoms with Gasteiger partial charge in [0.25, 0.3) is 0 Å². The van der Waals surface area contributed by atoms with E-state index in [0.717, 1.165) is 25.0 Å². The number of carboxylic acid groups (broad SMARTS) is 1. The van der Waals surface area contributed by atoms with Crippen LogP contribution < -0.4 is 56.5 Å². The molecule has 0 radical (unpaired) electrons. The van der Waals surface area contributed by atoms with Gasteiger partial charge in [0.05, 0.1) is 6.54 Å². The third-order valence-corrected chi connectivity index (χ3v) is 2.11. The molecule has 0 aliphatic carbocycles. The summed E-state index contributed by atoms with van der Waals surface area (Å²) in [5.74, 6) is -1.65. The molecule has 0 fully saturated rings. The summed E-state index contributed by atoms with van der Waals surface area (Å²) in [4.78, 5) is 13.8. The first-order valence-corrected chi connectivity index (χ1v) is 5.94. The predicted molar refractivity (Wildman–Crippen MR) is 67.0 cm³/mol. The van der Waals surface area contributed by atoms with Crippen molar-refractivity contribution in [3.05, 3.63) is 24.3 Å². The quantitative estimate of drug-likeness (QED) is 0.145. The summed E-state index contributed by atoms with van der Waals surface area (Å²) in [6.07, 6.45) is 11.5. The van der Waals surface area contributed by atoms with Gasteiger partial charge in [0.1, 0.15) is 0 Å². The molecule has 0 saturated heterocycles. The maximum absolute atomic E-state index is 11.0. The SMILES string of the molecule is CCCCCC/C=C/CN=C([O-])/C=C/C(=O)O.[K+]. The van der Waals surface area contributed by atoms with Crippen LogP contribution in [0.4, 0.5) is 0 Å². The molecular formula is C13H20KNO3. The van der Waals surface area contributed by atoms with E-state index in [4.69, 9.17) is 5.11 Å². The van der Waals surface area contributed by atoms with E-state index in [0.29, 0.717) is 6.54 Å². The summed E-state index contributed by atoms with van der Waals surface area (Å²) in [5, 5.41) is 19.3. The van der Waals surface area contributed by atoms with Crippen LogP contribution in [0.3, 0.4) is 0 Å². The molecule has 0 unspecified atom stereocenters. The Morgan fingerprint density at radius 3 is 2.56 bits per heavy atom. The first-order chi connectivity index (χ1) is 8.16. The minimum absolute atomic E-state index is 0. The molecule has 96 valence electrons. The van der Waals surface area contributed by atoms with Crippen LogP contribution >= 0.6 is 0 Å². The van der Waals surface area contributed by atoms with Crippen molar-refractivity contribution in [2.24, 2.45) is 4.99 Å². The van der Waals surface area contributed by atoms with Crippen molar-refractivity contribution < 1.29 is 66.4 Å². The van der Waals surface area contributed by atoms with E-state index in [-0.39, 0.29) is 51.4 Å². The number of aliphatic carboxylic acids is 1. The summed E-state index contributed by atoms with van der Waals surface area (Å²) in [5.41, 5.74) is 0. The molecule has 0 aliphatic heterocycles. The number of carboxylic acids is 1. The molecule has 0 aromatic carbocycles. The Morgan fingerprint density at radius 1 is 1.22 bits per heavy atom. The van der Waals surface area contributed by atoms with Gasteiger partial charge in [-0.05, 0) is 24.8 Å². The van der Waals surface area contributed by atoms with Crippen molar-refractivity contribution in [3.63, 3.8) is 0 Å². The number of hydrogen-bond acceptors (Lipinski definition) is 3. The third kappa shape index (κ3) is 16.1. The van der Waals surface area contributed by atoms with E-state index in [1.54, 1.807) is 0 Å². The van der Waals surface area contributed by atoms with E-state index >= 15 is 0 Å².